The molecule has 3 rings (SSSR count). The van der Waals surface area contributed by atoms with Crippen LogP contribution in [0.25, 0.3) is 11.3 Å². The lowest BCUT2D eigenvalue weighted by atomic mass is 10.1. The maximum Gasteiger partial charge on any atom is 0.225 e. The SMILES string of the molecule is COc1cccc(CNc2cc(-c3ccccc3)nc(NCCO)n2)c1. The van der Waals surface area contributed by atoms with Crippen LogP contribution >= 0.6 is 0 Å². The highest BCUT2D eigenvalue weighted by Gasteiger charge is 2.07. The Kier molecular flexibility index (Phi) is 6.01. The van der Waals surface area contributed by atoms with Crippen LogP contribution in [0.2, 0.25) is 0 Å². The van der Waals surface area contributed by atoms with Crippen molar-refractivity contribution in [2.75, 3.05) is 30.9 Å². The molecule has 0 bridgehead atoms. The predicted molar refractivity (Wildman–Crippen MR) is 103 cm³/mol. The monoisotopic (exact) mass is 350 g/mol. The number of methoxy groups -OCH3 is 1. The van der Waals surface area contributed by atoms with Gasteiger partial charge in [-0.05, 0) is 17.7 Å². The van der Waals surface area contributed by atoms with Gasteiger partial charge < -0.3 is 20.5 Å². The summed E-state index contributed by atoms with van der Waals surface area (Å²) in [6.45, 7) is 1.03. The summed E-state index contributed by atoms with van der Waals surface area (Å²) in [6, 6.07) is 19.7. The number of aliphatic hydroxyl groups is 1. The zero-order valence-corrected chi connectivity index (χ0v) is 14.6. The summed E-state index contributed by atoms with van der Waals surface area (Å²) in [5.41, 5.74) is 2.91. The normalized spacial score (nSPS) is 10.4. The van der Waals surface area contributed by atoms with E-state index in [1.807, 2.05) is 60.7 Å². The zero-order chi connectivity index (χ0) is 18.2. The summed E-state index contributed by atoms with van der Waals surface area (Å²) in [7, 11) is 1.65. The summed E-state index contributed by atoms with van der Waals surface area (Å²) in [5.74, 6) is 2.01. The molecule has 0 aliphatic rings. The second-order valence-electron chi connectivity index (χ2n) is 5.68. The van der Waals surface area contributed by atoms with Gasteiger partial charge in [0, 0.05) is 24.7 Å². The molecule has 0 fully saturated rings. The van der Waals surface area contributed by atoms with E-state index < -0.39 is 0 Å². The van der Waals surface area contributed by atoms with Gasteiger partial charge in [-0.3, -0.25) is 0 Å². The van der Waals surface area contributed by atoms with E-state index in [4.69, 9.17) is 9.84 Å². The van der Waals surface area contributed by atoms with Crippen molar-refractivity contribution >= 4 is 11.8 Å². The van der Waals surface area contributed by atoms with Crippen LogP contribution in [0, 0.1) is 0 Å². The van der Waals surface area contributed by atoms with Gasteiger partial charge in [0.05, 0.1) is 19.4 Å². The van der Waals surface area contributed by atoms with Crippen LogP contribution in [-0.2, 0) is 6.54 Å². The van der Waals surface area contributed by atoms with Crippen molar-refractivity contribution in [2.24, 2.45) is 0 Å². The fourth-order valence-electron chi connectivity index (χ4n) is 2.52. The fourth-order valence-corrected chi connectivity index (χ4v) is 2.52. The number of hydrogen-bond acceptors (Lipinski definition) is 6. The molecular formula is C20H22N4O2. The molecule has 6 heteroatoms. The molecule has 0 aliphatic carbocycles. The van der Waals surface area contributed by atoms with Crippen LogP contribution in [0.1, 0.15) is 5.56 Å². The van der Waals surface area contributed by atoms with Crippen molar-refractivity contribution in [3.63, 3.8) is 0 Å². The predicted octanol–water partition coefficient (Wildman–Crippen LogP) is 3.17. The number of rotatable bonds is 8. The number of ether oxygens (including phenoxy) is 1. The number of hydrogen-bond donors (Lipinski definition) is 3. The number of nitrogens with zero attached hydrogens (tertiary/aromatic N) is 2. The molecule has 134 valence electrons. The molecule has 0 spiro atoms. The lowest BCUT2D eigenvalue weighted by Gasteiger charge is -2.11. The first-order chi connectivity index (χ1) is 12.8. The lowest BCUT2D eigenvalue weighted by Crippen LogP contribution is -2.11. The second-order valence-corrected chi connectivity index (χ2v) is 5.68. The van der Waals surface area contributed by atoms with Gasteiger partial charge in [-0.2, -0.15) is 4.98 Å². The Morgan fingerprint density at radius 3 is 2.58 bits per heavy atom. The standard InChI is InChI=1S/C20H22N4O2/c1-26-17-9-5-6-15(12-17)14-22-19-13-18(16-7-3-2-4-8-16)23-20(24-19)21-10-11-25/h2-9,12-13,25H,10-11,14H2,1H3,(H2,21,22,23,24). The van der Waals surface area contributed by atoms with Gasteiger partial charge in [0.15, 0.2) is 0 Å². The molecule has 0 unspecified atom stereocenters. The molecule has 0 amide bonds. The van der Waals surface area contributed by atoms with Crippen LogP contribution in [0.15, 0.2) is 60.7 Å². The van der Waals surface area contributed by atoms with Crippen LogP contribution < -0.4 is 15.4 Å². The molecule has 6 nitrogen and oxygen atoms in total. The highest BCUT2D eigenvalue weighted by atomic mass is 16.5. The minimum absolute atomic E-state index is 0.0193. The highest BCUT2D eigenvalue weighted by molar-refractivity contribution is 5.64. The van der Waals surface area contributed by atoms with Gasteiger partial charge in [0.25, 0.3) is 0 Å². The molecule has 0 atom stereocenters. The maximum atomic E-state index is 9.04. The van der Waals surface area contributed by atoms with Gasteiger partial charge >= 0.3 is 0 Å². The molecule has 26 heavy (non-hydrogen) atoms. The van der Waals surface area contributed by atoms with Gasteiger partial charge in [0.1, 0.15) is 11.6 Å². The first kappa shape index (κ1) is 17.7. The van der Waals surface area contributed by atoms with Crippen LogP contribution in [0.5, 0.6) is 5.75 Å². The second kappa shape index (κ2) is 8.82. The van der Waals surface area contributed by atoms with E-state index in [1.165, 1.54) is 0 Å². The van der Waals surface area contributed by atoms with Crippen molar-refractivity contribution in [1.82, 2.24) is 9.97 Å². The fraction of sp³-hybridized carbons (Fsp3) is 0.200. The smallest absolute Gasteiger partial charge is 0.225 e. The molecule has 3 aromatic rings. The molecule has 1 aromatic heterocycles. The molecule has 0 aliphatic heterocycles. The van der Waals surface area contributed by atoms with Crippen molar-refractivity contribution in [2.45, 2.75) is 6.54 Å². The highest BCUT2D eigenvalue weighted by Crippen LogP contribution is 2.22. The molecule has 2 aromatic carbocycles. The third-order valence-corrected chi connectivity index (χ3v) is 3.80. The number of aliphatic hydroxyl groups excluding tert-OH is 1. The number of benzene rings is 2. The summed E-state index contributed by atoms with van der Waals surface area (Å²) < 4.78 is 5.26. The number of aromatic nitrogens is 2. The number of anilines is 2. The summed E-state index contributed by atoms with van der Waals surface area (Å²) in [6.07, 6.45) is 0. The first-order valence-electron chi connectivity index (χ1n) is 8.44. The summed E-state index contributed by atoms with van der Waals surface area (Å²) >= 11 is 0. The quantitative estimate of drug-likeness (QED) is 0.579. The maximum absolute atomic E-state index is 9.04. The van der Waals surface area contributed by atoms with E-state index in [0.29, 0.717) is 24.9 Å². The summed E-state index contributed by atoms with van der Waals surface area (Å²) in [4.78, 5) is 9.01. The Morgan fingerprint density at radius 2 is 1.81 bits per heavy atom. The molecule has 0 saturated heterocycles. The molecule has 3 N–H and O–H groups in total. The van der Waals surface area contributed by atoms with Gasteiger partial charge in [-0.25, -0.2) is 4.98 Å². The third-order valence-electron chi connectivity index (χ3n) is 3.80. The average Bonchev–Trinajstić information content (AvgIpc) is 2.71. The van der Waals surface area contributed by atoms with Gasteiger partial charge in [-0.15, -0.1) is 0 Å². The van der Waals surface area contributed by atoms with Crippen molar-refractivity contribution in [1.29, 1.82) is 0 Å². The number of nitrogens with one attached hydrogen (secondary N) is 2. The van der Waals surface area contributed by atoms with Crippen molar-refractivity contribution in [3.8, 4) is 17.0 Å². The van der Waals surface area contributed by atoms with Gasteiger partial charge in [-0.1, -0.05) is 42.5 Å². The van der Waals surface area contributed by atoms with E-state index in [-0.39, 0.29) is 6.61 Å². The largest absolute Gasteiger partial charge is 0.497 e. The lowest BCUT2D eigenvalue weighted by molar-refractivity contribution is 0.311. The van der Waals surface area contributed by atoms with E-state index in [1.54, 1.807) is 7.11 Å². The Hall–Kier alpha value is -3.12. The van der Waals surface area contributed by atoms with E-state index in [2.05, 4.69) is 20.6 Å². The van der Waals surface area contributed by atoms with Crippen LogP contribution in [0.4, 0.5) is 11.8 Å². The van der Waals surface area contributed by atoms with Crippen molar-refractivity contribution in [3.05, 3.63) is 66.2 Å². The molecule has 1 heterocycles. The van der Waals surface area contributed by atoms with E-state index in [9.17, 15) is 0 Å². The average molecular weight is 350 g/mol. The first-order valence-corrected chi connectivity index (χ1v) is 8.44. The van der Waals surface area contributed by atoms with Crippen LogP contribution in [0.3, 0.4) is 0 Å². The minimum Gasteiger partial charge on any atom is -0.497 e. The van der Waals surface area contributed by atoms with Gasteiger partial charge in [0.2, 0.25) is 5.95 Å². The summed E-state index contributed by atoms with van der Waals surface area (Å²) in [5, 5.41) is 15.4. The Bertz CT molecular complexity index is 840. The third kappa shape index (κ3) is 4.70. The molecular weight excluding hydrogens is 328 g/mol. The Balaban J connectivity index is 1.82. The molecule has 0 saturated carbocycles. The Morgan fingerprint density at radius 1 is 0.962 bits per heavy atom. The van der Waals surface area contributed by atoms with Crippen LogP contribution in [-0.4, -0.2) is 35.3 Å². The van der Waals surface area contributed by atoms with Crippen molar-refractivity contribution < 1.29 is 9.84 Å². The van der Waals surface area contributed by atoms with E-state index >= 15 is 0 Å². The Labute approximate surface area is 152 Å². The topological polar surface area (TPSA) is 79.3 Å². The zero-order valence-electron chi connectivity index (χ0n) is 14.6. The van der Waals surface area contributed by atoms with E-state index in [0.717, 1.165) is 22.6 Å². The minimum atomic E-state index is 0.0193. The molecule has 0 radical (unpaired) electrons.